The zero-order valence-corrected chi connectivity index (χ0v) is 21.9. The molecule has 0 spiro atoms. The standard InChI is InChI=1S/C18F34/c19-3(20)1(7(27,28)13(39,40)15(43,44)17(47,48)49)2(5(23,24)11(35,36)9(3,31)32,6(25,26)12(37,38)10(33,34)4(1,21)22)8(29,30)14(41,42)16(45,46)18(50,51)52. The van der Waals surface area contributed by atoms with Crippen molar-refractivity contribution < 1.29 is 149 Å². The van der Waals surface area contributed by atoms with Gasteiger partial charge in [0.2, 0.25) is 10.8 Å². The van der Waals surface area contributed by atoms with Crippen molar-refractivity contribution in [2.45, 2.75) is 95.3 Å². The van der Waals surface area contributed by atoms with Crippen LogP contribution in [0.4, 0.5) is 149 Å². The van der Waals surface area contributed by atoms with Crippen molar-refractivity contribution in [1.82, 2.24) is 0 Å². The Labute approximate surface area is 257 Å². The van der Waals surface area contributed by atoms with Crippen LogP contribution in [0.2, 0.25) is 0 Å². The Morgan fingerprint density at radius 1 is 0.192 bits per heavy atom. The van der Waals surface area contributed by atoms with Crippen LogP contribution in [-0.4, -0.2) is 95.3 Å². The van der Waals surface area contributed by atoms with Crippen molar-refractivity contribution >= 4 is 0 Å². The second kappa shape index (κ2) is 9.88. The zero-order valence-electron chi connectivity index (χ0n) is 21.9. The first-order valence-electron chi connectivity index (χ1n) is 11.2. The van der Waals surface area contributed by atoms with Crippen LogP contribution in [0.15, 0.2) is 0 Å². The first kappa shape index (κ1) is 45.8. The van der Waals surface area contributed by atoms with Gasteiger partial charge in [0.05, 0.1) is 0 Å². The first-order valence-corrected chi connectivity index (χ1v) is 11.2. The normalized spacial score (nSPS) is 31.5. The molecule has 310 valence electrons. The molecule has 0 bridgehead atoms. The van der Waals surface area contributed by atoms with Crippen LogP contribution in [0.25, 0.3) is 0 Å². The van der Waals surface area contributed by atoms with Crippen molar-refractivity contribution in [2.24, 2.45) is 10.8 Å². The minimum Gasteiger partial charge on any atom is -0.198 e. The van der Waals surface area contributed by atoms with Gasteiger partial charge in [-0.25, -0.2) is 0 Å². The quantitative estimate of drug-likeness (QED) is 0.234. The number of rotatable bonds is 6. The Morgan fingerprint density at radius 3 is 0.442 bits per heavy atom. The van der Waals surface area contributed by atoms with Gasteiger partial charge in [0, 0.05) is 0 Å². The van der Waals surface area contributed by atoms with E-state index in [1.165, 1.54) is 0 Å². The van der Waals surface area contributed by atoms with Gasteiger partial charge in [0.1, 0.15) is 0 Å². The van der Waals surface area contributed by atoms with E-state index in [9.17, 15) is 96.6 Å². The molecule has 2 fully saturated rings. The Kier molecular flexibility index (Phi) is 8.70. The van der Waals surface area contributed by atoms with Gasteiger partial charge < -0.3 is 0 Å². The molecule has 0 aromatic rings. The van der Waals surface area contributed by atoms with Crippen molar-refractivity contribution in [1.29, 1.82) is 0 Å². The Morgan fingerprint density at radius 2 is 0.327 bits per heavy atom. The van der Waals surface area contributed by atoms with E-state index in [2.05, 4.69) is 0 Å². The highest BCUT2D eigenvalue weighted by Gasteiger charge is 3.22. The minimum absolute atomic E-state index is 9.10. The summed E-state index contributed by atoms with van der Waals surface area (Å²) in [4.78, 5) is 0. The van der Waals surface area contributed by atoms with Gasteiger partial charge in [0.25, 0.3) is 0 Å². The highest BCUT2D eigenvalue weighted by Crippen LogP contribution is 2.93. The smallest absolute Gasteiger partial charge is 0.198 e. The fourth-order valence-electron chi connectivity index (χ4n) is 5.55. The maximum atomic E-state index is 15.3. The number of halogens is 34. The molecule has 0 aromatic carbocycles. The largest absolute Gasteiger partial charge is 0.460 e. The summed E-state index contributed by atoms with van der Waals surface area (Å²) >= 11 is 0. The van der Waals surface area contributed by atoms with E-state index in [0.717, 1.165) is 0 Å². The maximum Gasteiger partial charge on any atom is 0.460 e. The summed E-state index contributed by atoms with van der Waals surface area (Å²) in [6, 6.07) is 0. The fraction of sp³-hybridized carbons (Fsp3) is 1.00. The SMILES string of the molecule is FC(F)(F)C(F)(F)C(F)(F)C(F)(F)C12C(F)(F)C(F)(F)C(F)(F)C(F)(F)C1(C(F)(F)C(F)(F)C(F)(F)C(F)(F)F)C(F)(F)C(F)(F)C(F)(F)C2(F)F. The van der Waals surface area contributed by atoms with Crippen molar-refractivity contribution in [3.63, 3.8) is 0 Å². The van der Waals surface area contributed by atoms with Gasteiger partial charge in [-0.15, -0.1) is 0 Å². The van der Waals surface area contributed by atoms with E-state index >= 15 is 52.7 Å². The van der Waals surface area contributed by atoms with Crippen LogP contribution in [0.3, 0.4) is 0 Å². The van der Waals surface area contributed by atoms with Gasteiger partial charge in [-0.05, 0) is 0 Å². The average Bonchev–Trinajstić information content (AvgIpc) is 2.86. The van der Waals surface area contributed by atoms with Crippen LogP contribution in [0.5, 0.6) is 0 Å². The highest BCUT2D eigenvalue weighted by atomic mass is 19.4. The monoisotopic (exact) mass is 862 g/mol. The maximum absolute atomic E-state index is 15.3. The summed E-state index contributed by atoms with van der Waals surface area (Å²) in [6.45, 7) is 0. The highest BCUT2D eigenvalue weighted by molar-refractivity contribution is 5.46. The van der Waals surface area contributed by atoms with Crippen molar-refractivity contribution in [3.8, 4) is 0 Å². The van der Waals surface area contributed by atoms with Crippen LogP contribution in [-0.2, 0) is 0 Å². The summed E-state index contributed by atoms with van der Waals surface area (Å²) in [5, 5.41) is 0. The lowest BCUT2D eigenvalue weighted by molar-refractivity contribution is -0.631. The molecule has 0 atom stereocenters. The number of alkyl halides is 34. The van der Waals surface area contributed by atoms with Gasteiger partial charge >= 0.3 is 95.3 Å². The molecule has 34 heteroatoms. The second-order valence-electron chi connectivity index (χ2n) is 10.5. The molecule has 52 heavy (non-hydrogen) atoms. The second-order valence-corrected chi connectivity index (χ2v) is 10.5. The Balaban J connectivity index is 4.01. The van der Waals surface area contributed by atoms with Crippen LogP contribution in [0, 0.1) is 10.8 Å². The van der Waals surface area contributed by atoms with E-state index in [4.69, 9.17) is 0 Å². The zero-order chi connectivity index (χ0) is 43.0. The van der Waals surface area contributed by atoms with Gasteiger partial charge in [-0.1, -0.05) is 0 Å². The third kappa shape index (κ3) is 3.64. The van der Waals surface area contributed by atoms with Crippen LogP contribution >= 0.6 is 0 Å². The lowest BCUT2D eigenvalue weighted by Gasteiger charge is -2.72. The molecule has 2 aliphatic rings. The Bertz CT molecular complexity index is 1270. The van der Waals surface area contributed by atoms with E-state index in [0.29, 0.717) is 0 Å². The predicted molar refractivity (Wildman–Crippen MR) is 86.2 cm³/mol. The molecular formula is C18F34. The molecule has 0 amide bonds. The van der Waals surface area contributed by atoms with Crippen LogP contribution < -0.4 is 0 Å². The number of hydrogen-bond donors (Lipinski definition) is 0. The molecule has 0 unspecified atom stereocenters. The van der Waals surface area contributed by atoms with Crippen LogP contribution in [0.1, 0.15) is 0 Å². The summed E-state index contributed by atoms with van der Waals surface area (Å²) < 4.78 is 485. The van der Waals surface area contributed by atoms with Gasteiger partial charge in [0.15, 0.2) is 0 Å². The molecule has 0 radical (unpaired) electrons. The minimum atomic E-state index is -11.8. The molecule has 2 aliphatic carbocycles. The molecule has 2 rings (SSSR count). The molecule has 0 N–H and O–H groups in total. The lowest BCUT2D eigenvalue weighted by atomic mass is 9.36. The van der Waals surface area contributed by atoms with Crippen molar-refractivity contribution in [3.05, 3.63) is 0 Å². The molecule has 0 nitrogen and oxygen atoms in total. The molecule has 0 saturated heterocycles. The average molecular weight is 862 g/mol. The topological polar surface area (TPSA) is 0 Å². The van der Waals surface area contributed by atoms with E-state index in [1.807, 2.05) is 0 Å². The first-order chi connectivity index (χ1) is 21.8. The molecule has 2 saturated carbocycles. The van der Waals surface area contributed by atoms with E-state index in [-0.39, 0.29) is 0 Å². The summed E-state index contributed by atoms with van der Waals surface area (Å²) in [6.07, 6.45) is -18.2. The summed E-state index contributed by atoms with van der Waals surface area (Å²) in [5.41, 5.74) is -23.6. The van der Waals surface area contributed by atoms with E-state index < -0.39 is 106 Å². The third-order valence-electron chi connectivity index (χ3n) is 8.04. The van der Waals surface area contributed by atoms with E-state index in [1.54, 1.807) is 0 Å². The predicted octanol–water partition coefficient (Wildman–Crippen LogP) is 11.0. The summed E-state index contributed by atoms with van der Waals surface area (Å²) in [5.74, 6) is -148. The molecule has 0 aliphatic heterocycles. The molecule has 0 aromatic heterocycles. The van der Waals surface area contributed by atoms with Crippen molar-refractivity contribution in [2.75, 3.05) is 0 Å². The number of fused-ring (bicyclic) bond motifs is 1. The fourth-order valence-corrected chi connectivity index (χ4v) is 5.55. The lowest BCUT2D eigenvalue weighted by Crippen LogP contribution is -3.02. The summed E-state index contributed by atoms with van der Waals surface area (Å²) in [7, 11) is 0. The molecule has 0 heterocycles. The Hall–Kier alpha value is -2.38. The third-order valence-corrected chi connectivity index (χ3v) is 8.04. The molecular weight excluding hydrogens is 862 g/mol. The van der Waals surface area contributed by atoms with Gasteiger partial charge in [-0.3, -0.25) is 0 Å². The van der Waals surface area contributed by atoms with Gasteiger partial charge in [-0.2, -0.15) is 149 Å². The number of hydrogen-bond acceptors (Lipinski definition) is 0.